The van der Waals surface area contributed by atoms with Crippen molar-refractivity contribution in [2.45, 2.75) is 50.7 Å². The van der Waals surface area contributed by atoms with Crippen molar-refractivity contribution in [3.05, 3.63) is 29.3 Å². The maximum Gasteiger partial charge on any atom is 0.224 e. The summed E-state index contributed by atoms with van der Waals surface area (Å²) in [6.45, 7) is 0.813. The van der Waals surface area contributed by atoms with Gasteiger partial charge in [0.1, 0.15) is 0 Å². The first kappa shape index (κ1) is 13.6. The van der Waals surface area contributed by atoms with Crippen molar-refractivity contribution in [3.63, 3.8) is 0 Å². The van der Waals surface area contributed by atoms with Crippen molar-refractivity contribution in [3.8, 4) is 0 Å². The Morgan fingerprint density at radius 3 is 3.05 bits per heavy atom. The van der Waals surface area contributed by atoms with Crippen LogP contribution in [0.25, 0.3) is 0 Å². The monoisotopic (exact) mass is 275 g/mol. The Morgan fingerprint density at radius 1 is 1.35 bits per heavy atom. The van der Waals surface area contributed by atoms with E-state index in [1.165, 1.54) is 0 Å². The molecular weight excluding hydrogens is 254 g/mol. The van der Waals surface area contributed by atoms with Crippen molar-refractivity contribution in [1.82, 2.24) is 0 Å². The number of aliphatic hydroxyl groups excluding tert-OH is 1. The summed E-state index contributed by atoms with van der Waals surface area (Å²) in [6, 6.07) is 5.84. The van der Waals surface area contributed by atoms with Gasteiger partial charge in [-0.25, -0.2) is 0 Å². The number of rotatable bonds is 3. The zero-order valence-corrected chi connectivity index (χ0v) is 11.6. The number of hydrogen-bond acceptors (Lipinski definition) is 3. The lowest BCUT2D eigenvalue weighted by molar-refractivity contribution is -0.116. The molecule has 1 amide bonds. The number of nitrogens with one attached hydrogen (secondary N) is 1. The van der Waals surface area contributed by atoms with E-state index in [-0.39, 0.29) is 12.0 Å². The minimum atomic E-state index is -0.484. The van der Waals surface area contributed by atoms with Crippen LogP contribution in [0.4, 0.5) is 5.69 Å². The molecule has 2 unspecified atom stereocenters. The molecule has 2 atom stereocenters. The standard InChI is InChI=1S/C16H21NO3/c18-15(10-13-4-2-8-20-13)12-6-7-14-11(9-12)3-1-5-16(19)17-14/h6-7,9,13,15,18H,1-5,8,10H2,(H,17,19). The fourth-order valence-corrected chi connectivity index (χ4v) is 3.02. The summed E-state index contributed by atoms with van der Waals surface area (Å²) < 4.78 is 5.57. The van der Waals surface area contributed by atoms with E-state index in [0.29, 0.717) is 12.8 Å². The summed E-state index contributed by atoms with van der Waals surface area (Å²) in [5, 5.41) is 13.3. The first-order valence-electron chi connectivity index (χ1n) is 7.45. The predicted molar refractivity (Wildman–Crippen MR) is 76.6 cm³/mol. The van der Waals surface area contributed by atoms with Crippen LogP contribution in [-0.2, 0) is 16.0 Å². The van der Waals surface area contributed by atoms with Crippen LogP contribution in [0.1, 0.15) is 49.3 Å². The Hall–Kier alpha value is -1.39. The topological polar surface area (TPSA) is 58.6 Å². The van der Waals surface area contributed by atoms with Gasteiger partial charge in [-0.05, 0) is 42.9 Å². The first-order valence-corrected chi connectivity index (χ1v) is 7.45. The molecule has 108 valence electrons. The molecular formula is C16H21NO3. The van der Waals surface area contributed by atoms with E-state index in [1.807, 2.05) is 18.2 Å². The molecule has 1 aromatic carbocycles. The van der Waals surface area contributed by atoms with Gasteiger partial charge in [-0.3, -0.25) is 4.79 Å². The maximum absolute atomic E-state index is 11.5. The quantitative estimate of drug-likeness (QED) is 0.891. The first-order chi connectivity index (χ1) is 9.72. The Kier molecular flexibility index (Phi) is 4.03. The molecule has 2 aliphatic heterocycles. The molecule has 0 bridgehead atoms. The van der Waals surface area contributed by atoms with Crippen LogP contribution in [0.15, 0.2) is 18.2 Å². The fraction of sp³-hybridized carbons (Fsp3) is 0.562. The smallest absolute Gasteiger partial charge is 0.224 e. The molecule has 1 aromatic rings. The molecule has 4 nitrogen and oxygen atoms in total. The number of ether oxygens (including phenoxy) is 1. The molecule has 2 heterocycles. The van der Waals surface area contributed by atoms with E-state index in [9.17, 15) is 9.90 Å². The lowest BCUT2D eigenvalue weighted by Gasteiger charge is -2.17. The molecule has 0 saturated carbocycles. The molecule has 0 spiro atoms. The van der Waals surface area contributed by atoms with E-state index in [0.717, 1.165) is 49.1 Å². The number of benzene rings is 1. The Bertz CT molecular complexity index is 494. The highest BCUT2D eigenvalue weighted by Crippen LogP contribution is 2.29. The van der Waals surface area contributed by atoms with Gasteiger partial charge in [0.25, 0.3) is 0 Å². The molecule has 0 aromatic heterocycles. The second-order valence-corrected chi connectivity index (χ2v) is 5.70. The highest BCUT2D eigenvalue weighted by Gasteiger charge is 2.21. The van der Waals surface area contributed by atoms with Gasteiger partial charge in [-0.2, -0.15) is 0 Å². The fourth-order valence-electron chi connectivity index (χ4n) is 3.02. The predicted octanol–water partition coefficient (Wildman–Crippen LogP) is 2.56. The average molecular weight is 275 g/mol. The Morgan fingerprint density at radius 2 is 2.25 bits per heavy atom. The van der Waals surface area contributed by atoms with Gasteiger partial charge in [0.2, 0.25) is 5.91 Å². The van der Waals surface area contributed by atoms with E-state index in [1.54, 1.807) is 0 Å². The molecule has 20 heavy (non-hydrogen) atoms. The molecule has 2 N–H and O–H groups in total. The van der Waals surface area contributed by atoms with Gasteiger partial charge in [-0.15, -0.1) is 0 Å². The third kappa shape index (κ3) is 3.02. The van der Waals surface area contributed by atoms with Gasteiger partial charge < -0.3 is 15.2 Å². The zero-order chi connectivity index (χ0) is 13.9. The summed E-state index contributed by atoms with van der Waals surface area (Å²) in [4.78, 5) is 11.5. The van der Waals surface area contributed by atoms with E-state index >= 15 is 0 Å². The molecule has 0 radical (unpaired) electrons. The van der Waals surface area contributed by atoms with Crippen LogP contribution in [0, 0.1) is 0 Å². The molecule has 4 heteroatoms. The SMILES string of the molecule is O=C1CCCc2cc(C(O)CC3CCCO3)ccc2N1. The van der Waals surface area contributed by atoms with Crippen molar-refractivity contribution in [2.75, 3.05) is 11.9 Å². The summed E-state index contributed by atoms with van der Waals surface area (Å²) in [6.07, 6.45) is 4.81. The number of aliphatic hydroxyl groups is 1. The molecule has 3 rings (SSSR count). The second-order valence-electron chi connectivity index (χ2n) is 5.70. The van der Waals surface area contributed by atoms with Crippen LogP contribution in [0.5, 0.6) is 0 Å². The summed E-state index contributed by atoms with van der Waals surface area (Å²) >= 11 is 0. The highest BCUT2D eigenvalue weighted by molar-refractivity contribution is 5.92. The summed E-state index contributed by atoms with van der Waals surface area (Å²) in [5.74, 6) is 0.0800. The maximum atomic E-state index is 11.5. The minimum Gasteiger partial charge on any atom is -0.388 e. The van der Waals surface area contributed by atoms with Crippen LogP contribution in [-0.4, -0.2) is 23.7 Å². The van der Waals surface area contributed by atoms with Gasteiger partial charge in [-0.1, -0.05) is 12.1 Å². The number of carbonyl (C=O) groups is 1. The Labute approximate surface area is 119 Å². The number of anilines is 1. The number of amides is 1. The summed E-state index contributed by atoms with van der Waals surface area (Å²) in [5.41, 5.74) is 2.94. The van der Waals surface area contributed by atoms with Crippen LogP contribution < -0.4 is 5.32 Å². The molecule has 1 saturated heterocycles. The van der Waals surface area contributed by atoms with Gasteiger partial charge in [0.05, 0.1) is 12.2 Å². The van der Waals surface area contributed by atoms with Crippen LogP contribution in [0.3, 0.4) is 0 Å². The van der Waals surface area contributed by atoms with Gasteiger partial charge in [0, 0.05) is 25.1 Å². The van der Waals surface area contributed by atoms with E-state index in [4.69, 9.17) is 4.74 Å². The molecule has 1 fully saturated rings. The number of fused-ring (bicyclic) bond motifs is 1. The number of aryl methyl sites for hydroxylation is 1. The van der Waals surface area contributed by atoms with E-state index in [2.05, 4.69) is 5.32 Å². The lowest BCUT2D eigenvalue weighted by atomic mass is 9.98. The van der Waals surface area contributed by atoms with Crippen molar-refractivity contribution in [1.29, 1.82) is 0 Å². The largest absolute Gasteiger partial charge is 0.388 e. The second kappa shape index (κ2) is 5.94. The highest BCUT2D eigenvalue weighted by atomic mass is 16.5. The average Bonchev–Trinajstić information content (AvgIpc) is 2.85. The van der Waals surface area contributed by atoms with E-state index < -0.39 is 6.10 Å². The summed E-state index contributed by atoms with van der Waals surface area (Å²) in [7, 11) is 0. The normalized spacial score (nSPS) is 23.9. The Balaban J connectivity index is 1.73. The zero-order valence-electron chi connectivity index (χ0n) is 11.6. The van der Waals surface area contributed by atoms with Crippen LogP contribution >= 0.6 is 0 Å². The third-order valence-corrected chi connectivity index (χ3v) is 4.15. The third-order valence-electron chi connectivity index (χ3n) is 4.15. The minimum absolute atomic E-state index is 0.0800. The molecule has 0 aliphatic carbocycles. The van der Waals surface area contributed by atoms with Crippen LogP contribution in [0.2, 0.25) is 0 Å². The van der Waals surface area contributed by atoms with Gasteiger partial charge >= 0.3 is 0 Å². The van der Waals surface area contributed by atoms with Gasteiger partial charge in [0.15, 0.2) is 0 Å². The number of hydrogen-bond donors (Lipinski definition) is 2. The molecule has 2 aliphatic rings. The van der Waals surface area contributed by atoms with Crippen molar-refractivity contribution in [2.24, 2.45) is 0 Å². The lowest BCUT2D eigenvalue weighted by Crippen LogP contribution is -2.12. The number of carbonyl (C=O) groups excluding carboxylic acids is 1. The van der Waals surface area contributed by atoms with Crippen molar-refractivity contribution < 1.29 is 14.6 Å². The van der Waals surface area contributed by atoms with Crippen molar-refractivity contribution >= 4 is 11.6 Å².